The fourth-order valence-electron chi connectivity index (χ4n) is 4.09. The molecule has 6 nitrogen and oxygen atoms in total. The van der Waals surface area contributed by atoms with Crippen molar-refractivity contribution in [2.24, 2.45) is 0 Å². The largest absolute Gasteiger partial charge is 0.449 e. The van der Waals surface area contributed by atoms with Crippen LogP contribution in [0.1, 0.15) is 28.4 Å². The highest BCUT2D eigenvalue weighted by Gasteiger charge is 2.21. The van der Waals surface area contributed by atoms with Gasteiger partial charge in [-0.3, -0.25) is 4.79 Å². The van der Waals surface area contributed by atoms with Crippen molar-refractivity contribution in [3.8, 4) is 22.5 Å². The molecule has 1 aromatic heterocycles. The van der Waals surface area contributed by atoms with Gasteiger partial charge in [0.05, 0.1) is 33.7 Å². The lowest BCUT2D eigenvalue weighted by Crippen LogP contribution is -2.30. The molecule has 5 aromatic rings. The summed E-state index contributed by atoms with van der Waals surface area (Å²) in [5, 5.41) is 2.77. The number of aryl methyl sites for hydroxylation is 2. The Balaban J connectivity index is 1.45. The minimum Gasteiger partial charge on any atom is -0.449 e. The number of anilines is 1. The Morgan fingerprint density at radius 2 is 1.33 bits per heavy atom. The second-order valence-corrected chi connectivity index (χ2v) is 10.2. The van der Waals surface area contributed by atoms with Gasteiger partial charge in [0.1, 0.15) is 0 Å². The number of nitrogens with one attached hydrogen (secondary N) is 1. The van der Waals surface area contributed by atoms with E-state index < -0.39 is 18.0 Å². The molecule has 4 aromatic carbocycles. The van der Waals surface area contributed by atoms with Crippen LogP contribution in [0.5, 0.6) is 0 Å². The predicted molar refractivity (Wildman–Crippen MR) is 158 cm³/mol. The van der Waals surface area contributed by atoms with E-state index in [4.69, 9.17) is 14.7 Å². The van der Waals surface area contributed by atoms with E-state index in [1.807, 2.05) is 80.6 Å². The molecule has 1 heterocycles. The summed E-state index contributed by atoms with van der Waals surface area (Å²) in [7, 11) is 0. The van der Waals surface area contributed by atoms with Gasteiger partial charge in [-0.1, -0.05) is 71.8 Å². The molecule has 1 N–H and O–H groups in total. The first-order valence-corrected chi connectivity index (χ1v) is 13.3. The van der Waals surface area contributed by atoms with Crippen molar-refractivity contribution in [3.63, 3.8) is 0 Å². The molecule has 7 heteroatoms. The van der Waals surface area contributed by atoms with Gasteiger partial charge < -0.3 is 10.1 Å². The molecule has 0 aliphatic rings. The fraction of sp³-hybridized carbons (Fsp3) is 0.125. The van der Waals surface area contributed by atoms with E-state index in [1.165, 1.54) is 6.92 Å². The highest BCUT2D eigenvalue weighted by molar-refractivity contribution is 9.10. The maximum absolute atomic E-state index is 13.0. The van der Waals surface area contributed by atoms with Crippen molar-refractivity contribution in [3.05, 3.63) is 112 Å². The standard InChI is InChI=1S/C32H26BrN3O3/c1-19-8-12-22(13-9-19)29-30(23-14-10-20(2)11-15-23)35-28-18-24(16-17-27(28)34-29)32(38)39-21(3)31(37)36-26-7-5-4-6-25(26)33/h4-18,21H,1-3H3,(H,36,37). The minimum absolute atomic E-state index is 0.287. The first-order valence-electron chi connectivity index (χ1n) is 12.5. The number of carbonyl (C=O) groups is 2. The average Bonchev–Trinajstić information content (AvgIpc) is 2.94. The number of nitrogens with zero attached hydrogens (tertiary/aromatic N) is 2. The van der Waals surface area contributed by atoms with Crippen molar-refractivity contribution in [2.75, 3.05) is 5.32 Å². The summed E-state index contributed by atoms with van der Waals surface area (Å²) in [6.07, 6.45) is -1.00. The SMILES string of the molecule is Cc1ccc(-c2nc3ccc(C(=O)OC(C)C(=O)Nc4ccccc4Br)cc3nc2-c2ccc(C)cc2)cc1. The maximum atomic E-state index is 13.0. The predicted octanol–water partition coefficient (Wildman–Crippen LogP) is 7.53. The third-order valence-corrected chi connectivity index (χ3v) is 7.03. The van der Waals surface area contributed by atoms with Crippen molar-refractivity contribution in [1.82, 2.24) is 9.97 Å². The van der Waals surface area contributed by atoms with Gasteiger partial charge in [-0.25, -0.2) is 14.8 Å². The number of rotatable bonds is 6. The summed E-state index contributed by atoms with van der Waals surface area (Å²) in [6, 6.07) is 28.6. The van der Waals surface area contributed by atoms with Crippen LogP contribution >= 0.6 is 15.9 Å². The molecule has 0 saturated carbocycles. The van der Waals surface area contributed by atoms with E-state index in [0.717, 1.165) is 38.1 Å². The Labute approximate surface area is 235 Å². The van der Waals surface area contributed by atoms with Gasteiger partial charge in [0.25, 0.3) is 5.91 Å². The molecule has 194 valence electrons. The molecular weight excluding hydrogens is 554 g/mol. The van der Waals surface area contributed by atoms with Crippen LogP contribution in [0.15, 0.2) is 95.5 Å². The number of halogens is 1. The summed E-state index contributed by atoms with van der Waals surface area (Å²) in [6.45, 7) is 5.62. The van der Waals surface area contributed by atoms with E-state index in [1.54, 1.807) is 24.3 Å². The lowest BCUT2D eigenvalue weighted by Gasteiger charge is -2.15. The first kappa shape index (κ1) is 26.3. The van der Waals surface area contributed by atoms with Crippen LogP contribution in [0, 0.1) is 13.8 Å². The summed E-state index contributed by atoms with van der Waals surface area (Å²) in [4.78, 5) is 35.5. The summed E-state index contributed by atoms with van der Waals surface area (Å²) in [5.41, 5.74) is 7.76. The molecule has 0 saturated heterocycles. The zero-order chi connectivity index (χ0) is 27.5. The molecule has 1 atom stereocenters. The Hall–Kier alpha value is -4.36. The molecule has 0 radical (unpaired) electrons. The molecule has 0 fully saturated rings. The number of hydrogen-bond acceptors (Lipinski definition) is 5. The van der Waals surface area contributed by atoms with Gasteiger partial charge in [-0.05, 0) is 67.0 Å². The highest BCUT2D eigenvalue weighted by Crippen LogP contribution is 2.32. The third kappa shape index (κ3) is 5.89. The van der Waals surface area contributed by atoms with Crippen LogP contribution < -0.4 is 5.32 Å². The Bertz CT molecular complexity index is 1680. The number of carbonyl (C=O) groups excluding carboxylic acids is 2. The first-order chi connectivity index (χ1) is 18.8. The lowest BCUT2D eigenvalue weighted by molar-refractivity contribution is -0.123. The lowest BCUT2D eigenvalue weighted by atomic mass is 10.0. The Morgan fingerprint density at radius 1 is 0.769 bits per heavy atom. The van der Waals surface area contributed by atoms with Crippen LogP contribution in [0.25, 0.3) is 33.5 Å². The minimum atomic E-state index is -1.00. The number of aromatic nitrogens is 2. The number of ether oxygens (including phenoxy) is 1. The molecule has 1 amide bonds. The van der Waals surface area contributed by atoms with E-state index in [-0.39, 0.29) is 5.56 Å². The molecule has 1 unspecified atom stereocenters. The van der Waals surface area contributed by atoms with Gasteiger partial charge in [-0.2, -0.15) is 0 Å². The van der Waals surface area contributed by atoms with Gasteiger partial charge in [0.2, 0.25) is 0 Å². The van der Waals surface area contributed by atoms with Crippen molar-refractivity contribution >= 4 is 44.5 Å². The number of fused-ring (bicyclic) bond motifs is 1. The van der Waals surface area contributed by atoms with E-state index >= 15 is 0 Å². The number of hydrogen-bond donors (Lipinski definition) is 1. The third-order valence-electron chi connectivity index (χ3n) is 6.33. The molecule has 0 aliphatic heterocycles. The van der Waals surface area contributed by atoms with Gasteiger partial charge in [0, 0.05) is 15.6 Å². The summed E-state index contributed by atoms with van der Waals surface area (Å²) in [5.74, 6) is -1.05. The number of amides is 1. The quantitative estimate of drug-likeness (QED) is 0.210. The number of benzene rings is 4. The van der Waals surface area contributed by atoms with Crippen LogP contribution in [0.2, 0.25) is 0 Å². The van der Waals surface area contributed by atoms with Crippen molar-refractivity contribution in [2.45, 2.75) is 26.9 Å². The monoisotopic (exact) mass is 579 g/mol. The highest BCUT2D eigenvalue weighted by atomic mass is 79.9. The molecular formula is C32H26BrN3O3. The normalized spacial score (nSPS) is 11.7. The van der Waals surface area contributed by atoms with Crippen LogP contribution in [0.3, 0.4) is 0 Å². The van der Waals surface area contributed by atoms with Gasteiger partial charge >= 0.3 is 5.97 Å². The number of esters is 1. The maximum Gasteiger partial charge on any atom is 0.338 e. The second kappa shape index (κ2) is 11.2. The van der Waals surface area contributed by atoms with Gasteiger partial charge in [0.15, 0.2) is 6.10 Å². The Kier molecular flexibility index (Phi) is 7.52. The number of para-hydroxylation sites is 1. The smallest absolute Gasteiger partial charge is 0.338 e. The molecule has 0 spiro atoms. The van der Waals surface area contributed by atoms with Crippen molar-refractivity contribution < 1.29 is 14.3 Å². The summed E-state index contributed by atoms with van der Waals surface area (Å²) >= 11 is 3.40. The van der Waals surface area contributed by atoms with E-state index in [0.29, 0.717) is 16.7 Å². The molecule has 5 rings (SSSR count). The molecule has 39 heavy (non-hydrogen) atoms. The van der Waals surface area contributed by atoms with Crippen LogP contribution in [0.4, 0.5) is 5.69 Å². The van der Waals surface area contributed by atoms with E-state index in [9.17, 15) is 9.59 Å². The van der Waals surface area contributed by atoms with Crippen molar-refractivity contribution in [1.29, 1.82) is 0 Å². The zero-order valence-corrected chi connectivity index (χ0v) is 23.3. The molecule has 0 bridgehead atoms. The van der Waals surface area contributed by atoms with Crippen LogP contribution in [-0.2, 0) is 9.53 Å². The topological polar surface area (TPSA) is 81.2 Å². The molecule has 0 aliphatic carbocycles. The summed E-state index contributed by atoms with van der Waals surface area (Å²) < 4.78 is 6.21. The van der Waals surface area contributed by atoms with Crippen LogP contribution in [-0.4, -0.2) is 27.9 Å². The van der Waals surface area contributed by atoms with Gasteiger partial charge in [-0.15, -0.1) is 0 Å². The fourth-order valence-corrected chi connectivity index (χ4v) is 4.47. The average molecular weight is 580 g/mol. The second-order valence-electron chi connectivity index (χ2n) is 9.37. The van der Waals surface area contributed by atoms with E-state index in [2.05, 4.69) is 21.2 Å². The Morgan fingerprint density at radius 3 is 1.92 bits per heavy atom. The zero-order valence-electron chi connectivity index (χ0n) is 21.7.